The number of benzene rings is 5. The minimum absolute atomic E-state index is 0.109. The molecule has 0 atom stereocenters. The van der Waals surface area contributed by atoms with E-state index in [9.17, 15) is 0 Å². The van der Waals surface area contributed by atoms with Crippen LogP contribution in [0.15, 0.2) is 84.9 Å². The van der Waals surface area contributed by atoms with E-state index in [0.29, 0.717) is 0 Å². The highest BCUT2D eigenvalue weighted by molar-refractivity contribution is 6.98. The fraction of sp³-hybridized carbons (Fsp3) is 0.118. The van der Waals surface area contributed by atoms with Gasteiger partial charge >= 0.3 is 0 Å². The lowest BCUT2D eigenvalue weighted by molar-refractivity contribution is 0.462. The minimum atomic E-state index is 0.109. The normalized spacial score (nSPS) is 15.8. The topological polar surface area (TPSA) is 30.9 Å². The Morgan fingerprint density at radius 3 is 1.46 bits per heavy atom. The number of ether oxygens (including phenoxy) is 3. The van der Waals surface area contributed by atoms with Gasteiger partial charge in [-0.2, -0.15) is 0 Å². The van der Waals surface area contributed by atoms with Gasteiger partial charge in [0.25, 0.3) is 6.71 Å². The summed E-state index contributed by atoms with van der Waals surface area (Å²) in [6, 6.07) is 30.1. The highest BCUT2D eigenvalue weighted by Gasteiger charge is 2.43. The summed E-state index contributed by atoms with van der Waals surface area (Å²) in [6.45, 7) is 0.109. The van der Waals surface area contributed by atoms with Crippen molar-refractivity contribution >= 4 is 40.2 Å². The number of nitrogens with zero attached hydrogens (tertiary/aromatic N) is 1. The van der Waals surface area contributed by atoms with Gasteiger partial charge in [-0.05, 0) is 95.3 Å². The van der Waals surface area contributed by atoms with Crippen LogP contribution in [0, 0.1) is 0 Å². The predicted molar refractivity (Wildman–Crippen MR) is 154 cm³/mol. The highest BCUT2D eigenvalue weighted by atomic mass is 16.5. The molecule has 2 aliphatic carbocycles. The number of fused-ring (bicyclic) bond motifs is 8. The molecule has 0 amide bonds. The zero-order chi connectivity index (χ0) is 25.2. The number of aryl methyl sites for hydroxylation is 4. The van der Waals surface area contributed by atoms with E-state index in [-0.39, 0.29) is 6.71 Å². The van der Waals surface area contributed by atoms with Crippen molar-refractivity contribution in [2.75, 3.05) is 4.90 Å². The molecule has 0 unspecified atom stereocenters. The van der Waals surface area contributed by atoms with Crippen LogP contribution in [0.5, 0.6) is 34.5 Å². The molecule has 0 radical (unpaired) electrons. The smallest absolute Gasteiger partial charge is 0.260 e. The molecule has 5 aliphatic rings. The molecule has 5 heteroatoms. The Morgan fingerprint density at radius 1 is 0.487 bits per heavy atom. The quantitative estimate of drug-likeness (QED) is 0.250. The van der Waals surface area contributed by atoms with E-state index >= 15 is 0 Å². The van der Waals surface area contributed by atoms with E-state index in [0.717, 1.165) is 82.7 Å². The summed E-state index contributed by atoms with van der Waals surface area (Å²) in [4.78, 5) is 2.26. The molecule has 10 rings (SSSR count). The van der Waals surface area contributed by atoms with E-state index in [1.165, 1.54) is 33.2 Å². The largest absolute Gasteiger partial charge is 0.458 e. The van der Waals surface area contributed by atoms with Gasteiger partial charge in [-0.3, -0.25) is 0 Å². The Labute approximate surface area is 226 Å². The summed E-state index contributed by atoms with van der Waals surface area (Å²) in [5.41, 5.74) is 12.4. The van der Waals surface area contributed by atoms with Crippen LogP contribution in [-0.2, 0) is 25.7 Å². The van der Waals surface area contributed by atoms with Crippen molar-refractivity contribution in [3.8, 4) is 34.5 Å². The SMILES string of the molecule is c1ccc2c(c1)Oc1ccccc1N2c1cc2c3c(c1)Oc1cc4c(cc1B3c1cc3c(cc1O2)CC3)CC4. The second-order valence-corrected chi connectivity index (χ2v) is 11.2. The summed E-state index contributed by atoms with van der Waals surface area (Å²) in [5.74, 6) is 5.36. The van der Waals surface area contributed by atoms with Gasteiger partial charge in [-0.1, -0.05) is 36.4 Å². The number of anilines is 3. The van der Waals surface area contributed by atoms with Crippen molar-refractivity contribution in [3.63, 3.8) is 0 Å². The lowest BCUT2D eigenvalue weighted by Gasteiger charge is -2.38. The molecular formula is C34H22BNO3. The average Bonchev–Trinajstić information content (AvgIpc) is 2.93. The molecule has 0 saturated carbocycles. The van der Waals surface area contributed by atoms with Gasteiger partial charge in [0.1, 0.15) is 23.0 Å². The average molecular weight is 503 g/mol. The van der Waals surface area contributed by atoms with Gasteiger partial charge in [-0.15, -0.1) is 0 Å². The first-order valence-electron chi connectivity index (χ1n) is 13.8. The minimum Gasteiger partial charge on any atom is -0.458 e. The molecule has 39 heavy (non-hydrogen) atoms. The number of hydrogen-bond acceptors (Lipinski definition) is 4. The maximum absolute atomic E-state index is 6.75. The van der Waals surface area contributed by atoms with Gasteiger partial charge in [-0.25, -0.2) is 0 Å². The lowest BCUT2D eigenvalue weighted by Crippen LogP contribution is -2.58. The first-order valence-corrected chi connectivity index (χ1v) is 13.8. The van der Waals surface area contributed by atoms with E-state index in [1.807, 2.05) is 24.3 Å². The van der Waals surface area contributed by atoms with Crippen molar-refractivity contribution < 1.29 is 14.2 Å². The molecule has 0 aromatic heterocycles. The van der Waals surface area contributed by atoms with Crippen LogP contribution < -0.4 is 35.5 Å². The summed E-state index contributed by atoms with van der Waals surface area (Å²) in [5, 5.41) is 0. The second kappa shape index (κ2) is 7.06. The summed E-state index contributed by atoms with van der Waals surface area (Å²) in [6.07, 6.45) is 4.56. The Bertz CT molecular complexity index is 1800. The van der Waals surface area contributed by atoms with Crippen molar-refractivity contribution in [1.82, 2.24) is 0 Å². The fourth-order valence-electron chi connectivity index (χ4n) is 6.98. The standard InChI is InChI=1S/C34H22BNO3/c1-3-7-28-26(5-1)36(27-6-2-4-8-29(27)37-28)23-17-32-34-33(18-23)39-31-16-22-12-10-20(22)14-25(31)35(34)24-13-19-9-11-21(19)15-30(24)38-32/h1-8,13-18H,9-12H2. The van der Waals surface area contributed by atoms with Gasteiger partial charge < -0.3 is 19.1 Å². The van der Waals surface area contributed by atoms with E-state index in [1.54, 1.807) is 0 Å². The van der Waals surface area contributed by atoms with Crippen LogP contribution in [0.3, 0.4) is 0 Å². The Kier molecular flexibility index (Phi) is 3.68. The van der Waals surface area contributed by atoms with Crippen molar-refractivity contribution in [2.45, 2.75) is 25.7 Å². The van der Waals surface area contributed by atoms with Crippen LogP contribution in [0.25, 0.3) is 0 Å². The van der Waals surface area contributed by atoms with Gasteiger partial charge in [0.05, 0.1) is 17.1 Å². The summed E-state index contributed by atoms with van der Waals surface area (Å²) >= 11 is 0. The van der Waals surface area contributed by atoms with Crippen molar-refractivity contribution in [2.24, 2.45) is 0 Å². The Hall–Kier alpha value is -4.64. The van der Waals surface area contributed by atoms with Crippen LogP contribution in [-0.4, -0.2) is 6.71 Å². The molecule has 184 valence electrons. The summed E-state index contributed by atoms with van der Waals surface area (Å²) in [7, 11) is 0. The third-order valence-corrected chi connectivity index (χ3v) is 9.12. The Morgan fingerprint density at radius 2 is 0.949 bits per heavy atom. The van der Waals surface area contributed by atoms with Gasteiger partial charge in [0.2, 0.25) is 0 Å². The van der Waals surface area contributed by atoms with Gasteiger partial charge in [0.15, 0.2) is 11.5 Å². The number of hydrogen-bond donors (Lipinski definition) is 0. The van der Waals surface area contributed by atoms with E-state index < -0.39 is 0 Å². The van der Waals surface area contributed by atoms with Crippen LogP contribution >= 0.6 is 0 Å². The molecule has 0 bridgehead atoms. The second-order valence-electron chi connectivity index (χ2n) is 11.2. The molecule has 0 fully saturated rings. The molecule has 3 aliphatic heterocycles. The fourth-order valence-corrected chi connectivity index (χ4v) is 6.98. The predicted octanol–water partition coefficient (Wildman–Crippen LogP) is 6.19. The molecule has 0 spiro atoms. The first kappa shape index (κ1) is 20.3. The van der Waals surface area contributed by atoms with E-state index in [2.05, 4.69) is 65.6 Å². The molecular weight excluding hydrogens is 481 g/mol. The highest BCUT2D eigenvalue weighted by Crippen LogP contribution is 2.52. The van der Waals surface area contributed by atoms with Crippen molar-refractivity contribution in [1.29, 1.82) is 0 Å². The van der Waals surface area contributed by atoms with E-state index in [4.69, 9.17) is 14.2 Å². The molecule has 0 N–H and O–H groups in total. The Balaban J connectivity index is 1.23. The number of rotatable bonds is 1. The van der Waals surface area contributed by atoms with Crippen molar-refractivity contribution in [3.05, 3.63) is 107 Å². The monoisotopic (exact) mass is 503 g/mol. The molecule has 5 aromatic carbocycles. The molecule has 4 nitrogen and oxygen atoms in total. The van der Waals surface area contributed by atoms with Crippen LogP contribution in [0.4, 0.5) is 17.1 Å². The lowest BCUT2D eigenvalue weighted by atomic mass is 9.34. The zero-order valence-electron chi connectivity index (χ0n) is 21.2. The maximum atomic E-state index is 6.75. The molecule has 0 saturated heterocycles. The third kappa shape index (κ3) is 2.65. The van der Waals surface area contributed by atoms with Gasteiger partial charge in [0, 0.05) is 17.6 Å². The van der Waals surface area contributed by atoms with Crippen LogP contribution in [0.1, 0.15) is 22.3 Å². The third-order valence-electron chi connectivity index (χ3n) is 9.12. The molecule has 3 heterocycles. The molecule has 5 aromatic rings. The first-order chi connectivity index (χ1) is 19.3. The zero-order valence-corrected chi connectivity index (χ0v) is 21.2. The number of para-hydroxylation sites is 4. The van der Waals surface area contributed by atoms with Crippen LogP contribution in [0.2, 0.25) is 0 Å². The summed E-state index contributed by atoms with van der Waals surface area (Å²) < 4.78 is 19.8. The maximum Gasteiger partial charge on any atom is 0.260 e.